The molecule has 0 atom stereocenters. The molecule has 0 amide bonds. The van der Waals surface area contributed by atoms with E-state index < -0.39 is 11.7 Å². The Kier molecular flexibility index (Phi) is 7.98. The summed E-state index contributed by atoms with van der Waals surface area (Å²) in [4.78, 5) is 4.70. The summed E-state index contributed by atoms with van der Waals surface area (Å²) in [7, 11) is 0. The van der Waals surface area contributed by atoms with E-state index in [-0.39, 0.29) is 12.5 Å². The lowest BCUT2D eigenvalue weighted by atomic mass is 9.80. The lowest BCUT2D eigenvalue weighted by Gasteiger charge is -2.34. The van der Waals surface area contributed by atoms with Crippen molar-refractivity contribution in [1.82, 2.24) is 15.1 Å². The van der Waals surface area contributed by atoms with Gasteiger partial charge in [-0.05, 0) is 49.4 Å². The second kappa shape index (κ2) is 10.5. The smallest absolute Gasteiger partial charge is 0.395 e. The van der Waals surface area contributed by atoms with Gasteiger partial charge in [0.2, 0.25) is 0 Å². The molecule has 0 spiro atoms. The molecule has 2 N–H and O–H groups in total. The molecule has 0 unspecified atom stereocenters. The fourth-order valence-electron chi connectivity index (χ4n) is 4.37. The molecule has 2 fully saturated rings. The van der Waals surface area contributed by atoms with Crippen molar-refractivity contribution < 1.29 is 18.3 Å². The number of hydrogen-bond acceptors (Lipinski definition) is 4. The number of hydrogen-bond donors (Lipinski definition) is 2. The molecular formula is C22H32F3N3O. The molecule has 1 aliphatic heterocycles. The fraction of sp³-hybridized carbons (Fsp3) is 0.636. The summed E-state index contributed by atoms with van der Waals surface area (Å²) in [6, 6.07) is 6.02. The first-order valence-electron chi connectivity index (χ1n) is 10.6. The second-order valence-electron chi connectivity index (χ2n) is 8.02. The Balaban J connectivity index is 1.40. The quantitative estimate of drug-likeness (QED) is 0.675. The van der Waals surface area contributed by atoms with Crippen LogP contribution in [0.4, 0.5) is 13.2 Å². The average Bonchev–Trinajstić information content (AvgIpc) is 2.72. The molecule has 0 radical (unpaired) electrons. The Hall–Kier alpha value is -1.57. The van der Waals surface area contributed by atoms with Crippen LogP contribution < -0.4 is 5.32 Å². The number of allylic oxidation sites excluding steroid dienone is 1. The number of nitrogens with zero attached hydrogens (tertiary/aromatic N) is 2. The van der Waals surface area contributed by atoms with Gasteiger partial charge in [0, 0.05) is 45.8 Å². The number of aliphatic hydroxyl groups excluding tert-OH is 1. The maximum atomic E-state index is 13.3. The summed E-state index contributed by atoms with van der Waals surface area (Å²) < 4.78 is 39.8. The van der Waals surface area contributed by atoms with Crippen molar-refractivity contribution in [2.24, 2.45) is 0 Å². The number of aliphatic hydroxyl groups is 1. The standard InChI is InChI=1S/C22H32F3N3O/c23-22(24,25)21-4-2-1-3-20(21)19-7-5-18(6-8-19)17-26-9-10-27-11-13-28(14-12-27)15-16-29/h1-4,17,19,26,29H,5-16H2. The summed E-state index contributed by atoms with van der Waals surface area (Å²) in [6.07, 6.45) is 1.04. The molecule has 1 saturated carbocycles. The molecule has 1 aliphatic carbocycles. The fourth-order valence-corrected chi connectivity index (χ4v) is 4.37. The van der Waals surface area contributed by atoms with Crippen molar-refractivity contribution >= 4 is 0 Å². The molecule has 0 bridgehead atoms. The summed E-state index contributed by atoms with van der Waals surface area (Å²) >= 11 is 0. The van der Waals surface area contributed by atoms with E-state index in [9.17, 15) is 13.2 Å². The minimum Gasteiger partial charge on any atom is -0.395 e. The van der Waals surface area contributed by atoms with Crippen molar-refractivity contribution in [1.29, 1.82) is 0 Å². The Labute approximate surface area is 171 Å². The minimum atomic E-state index is -4.28. The summed E-state index contributed by atoms with van der Waals surface area (Å²) in [5.74, 6) is -0.0137. The van der Waals surface area contributed by atoms with Gasteiger partial charge in [-0.2, -0.15) is 13.2 Å². The number of alkyl halides is 3. The van der Waals surface area contributed by atoms with Gasteiger partial charge in [0.05, 0.1) is 12.2 Å². The number of benzene rings is 1. The third-order valence-electron chi connectivity index (χ3n) is 6.09. The Morgan fingerprint density at radius 2 is 1.62 bits per heavy atom. The zero-order chi connectivity index (χ0) is 20.7. The molecule has 29 heavy (non-hydrogen) atoms. The predicted octanol–water partition coefficient (Wildman–Crippen LogP) is 3.45. The van der Waals surface area contributed by atoms with Crippen molar-refractivity contribution in [3.05, 3.63) is 47.2 Å². The van der Waals surface area contributed by atoms with E-state index in [0.29, 0.717) is 5.56 Å². The van der Waals surface area contributed by atoms with Gasteiger partial charge in [0.15, 0.2) is 0 Å². The number of β-amino-alcohol motifs (C(OH)–C–C–N with tert-alkyl or cyclic N) is 1. The van der Waals surface area contributed by atoms with Gasteiger partial charge in [-0.25, -0.2) is 0 Å². The van der Waals surface area contributed by atoms with Gasteiger partial charge in [-0.15, -0.1) is 0 Å². The lowest BCUT2D eigenvalue weighted by molar-refractivity contribution is -0.138. The largest absolute Gasteiger partial charge is 0.416 e. The highest BCUT2D eigenvalue weighted by atomic mass is 19.4. The lowest BCUT2D eigenvalue weighted by Crippen LogP contribution is -2.48. The van der Waals surface area contributed by atoms with Crippen LogP contribution in [0.5, 0.6) is 0 Å². The van der Waals surface area contributed by atoms with E-state index in [0.717, 1.165) is 71.5 Å². The molecule has 1 heterocycles. The first kappa shape index (κ1) is 22.1. The predicted molar refractivity (Wildman–Crippen MR) is 109 cm³/mol. The zero-order valence-electron chi connectivity index (χ0n) is 16.9. The van der Waals surface area contributed by atoms with Gasteiger partial charge in [0.25, 0.3) is 0 Å². The number of nitrogens with one attached hydrogen (secondary N) is 1. The van der Waals surface area contributed by atoms with Crippen LogP contribution in [0.25, 0.3) is 0 Å². The maximum absolute atomic E-state index is 13.3. The Bertz CT molecular complexity index is 660. The molecule has 3 rings (SSSR count). The third-order valence-corrected chi connectivity index (χ3v) is 6.09. The Morgan fingerprint density at radius 1 is 1.00 bits per heavy atom. The topological polar surface area (TPSA) is 38.7 Å². The van der Waals surface area contributed by atoms with Gasteiger partial charge in [-0.1, -0.05) is 23.8 Å². The molecule has 1 saturated heterocycles. The Morgan fingerprint density at radius 3 is 2.24 bits per heavy atom. The molecule has 1 aromatic carbocycles. The first-order chi connectivity index (χ1) is 14.0. The highest BCUT2D eigenvalue weighted by molar-refractivity contribution is 5.33. The van der Waals surface area contributed by atoms with Gasteiger partial charge >= 0.3 is 6.18 Å². The summed E-state index contributed by atoms with van der Waals surface area (Å²) in [5.41, 5.74) is 1.28. The van der Waals surface area contributed by atoms with Gasteiger partial charge in [0.1, 0.15) is 0 Å². The van der Waals surface area contributed by atoms with E-state index in [4.69, 9.17) is 5.11 Å². The van der Waals surface area contributed by atoms with E-state index >= 15 is 0 Å². The van der Waals surface area contributed by atoms with Crippen molar-refractivity contribution in [3.8, 4) is 0 Å². The highest BCUT2D eigenvalue weighted by Gasteiger charge is 2.35. The SMILES string of the molecule is OCCN1CCN(CCNC=C2CCC(c3ccccc3C(F)(F)F)CC2)CC1. The van der Waals surface area contributed by atoms with E-state index in [2.05, 4.69) is 21.3 Å². The van der Waals surface area contributed by atoms with E-state index in [1.54, 1.807) is 12.1 Å². The molecule has 162 valence electrons. The molecule has 4 nitrogen and oxygen atoms in total. The number of rotatable bonds is 7. The van der Waals surface area contributed by atoms with Crippen LogP contribution in [0.1, 0.15) is 42.7 Å². The van der Waals surface area contributed by atoms with Crippen LogP contribution in [0.2, 0.25) is 0 Å². The monoisotopic (exact) mass is 411 g/mol. The minimum absolute atomic E-state index is 0.0137. The van der Waals surface area contributed by atoms with Crippen molar-refractivity contribution in [2.75, 3.05) is 52.4 Å². The van der Waals surface area contributed by atoms with Crippen LogP contribution in [-0.4, -0.2) is 67.3 Å². The van der Waals surface area contributed by atoms with Gasteiger partial charge < -0.3 is 10.4 Å². The van der Waals surface area contributed by atoms with Crippen LogP contribution in [0.15, 0.2) is 36.0 Å². The van der Waals surface area contributed by atoms with Crippen molar-refractivity contribution in [3.63, 3.8) is 0 Å². The van der Waals surface area contributed by atoms with Crippen LogP contribution in [0, 0.1) is 0 Å². The molecule has 2 aliphatic rings. The van der Waals surface area contributed by atoms with Crippen LogP contribution in [0.3, 0.4) is 0 Å². The zero-order valence-corrected chi connectivity index (χ0v) is 16.9. The summed E-state index contributed by atoms with van der Waals surface area (Å²) in [5, 5.41) is 12.4. The number of piperazine rings is 1. The van der Waals surface area contributed by atoms with Crippen molar-refractivity contribution in [2.45, 2.75) is 37.8 Å². The highest BCUT2D eigenvalue weighted by Crippen LogP contribution is 2.41. The summed E-state index contributed by atoms with van der Waals surface area (Å²) in [6.45, 7) is 6.90. The molecule has 7 heteroatoms. The second-order valence-corrected chi connectivity index (χ2v) is 8.02. The molecule has 0 aromatic heterocycles. The average molecular weight is 412 g/mol. The van der Waals surface area contributed by atoms with E-state index in [1.807, 2.05) is 0 Å². The number of halogens is 3. The normalized spacial score (nSPS) is 21.9. The van der Waals surface area contributed by atoms with Gasteiger partial charge in [-0.3, -0.25) is 9.80 Å². The first-order valence-corrected chi connectivity index (χ1v) is 10.6. The molecule has 1 aromatic rings. The maximum Gasteiger partial charge on any atom is 0.416 e. The van der Waals surface area contributed by atoms with E-state index in [1.165, 1.54) is 17.7 Å². The third kappa shape index (κ3) is 6.46. The molecular weight excluding hydrogens is 379 g/mol. The van der Waals surface area contributed by atoms with Crippen LogP contribution >= 0.6 is 0 Å². The van der Waals surface area contributed by atoms with Crippen LogP contribution in [-0.2, 0) is 6.18 Å².